The van der Waals surface area contributed by atoms with Gasteiger partial charge in [-0.3, -0.25) is 4.79 Å². The Morgan fingerprint density at radius 1 is 0.818 bits per heavy atom. The number of hydrogen-bond donors (Lipinski definition) is 0. The molecule has 0 fully saturated rings. The van der Waals surface area contributed by atoms with Crippen LogP contribution in [-0.2, 0) is 14.2 Å². The van der Waals surface area contributed by atoms with Crippen LogP contribution in [0.2, 0.25) is 5.02 Å². The van der Waals surface area contributed by atoms with Crippen molar-refractivity contribution in [3.8, 4) is 23.0 Å². The molecule has 0 saturated heterocycles. The summed E-state index contributed by atoms with van der Waals surface area (Å²) in [7, 11) is 5.65. The van der Waals surface area contributed by atoms with E-state index in [0.717, 1.165) is 0 Å². The van der Waals surface area contributed by atoms with E-state index >= 15 is 0 Å². The number of halogens is 1. The van der Waals surface area contributed by atoms with Gasteiger partial charge in [-0.1, -0.05) is 17.7 Å². The molecule has 0 heterocycles. The minimum atomic E-state index is -0.596. The molecule has 0 spiro atoms. The summed E-state index contributed by atoms with van der Waals surface area (Å²) in [6.45, 7) is 5.21. The zero-order valence-corrected chi connectivity index (χ0v) is 21.5. The lowest BCUT2D eigenvalue weighted by molar-refractivity contribution is -0.0458. The molecule has 0 aliphatic heterocycles. The Bertz CT molecular complexity index is 906. The second kappa shape index (κ2) is 13.0. The quantitative estimate of drug-likeness (QED) is 0.291. The van der Waals surface area contributed by atoms with Gasteiger partial charge in [-0.2, -0.15) is 0 Å². The van der Waals surface area contributed by atoms with E-state index in [1.54, 1.807) is 51.1 Å². The van der Waals surface area contributed by atoms with Crippen LogP contribution in [0.1, 0.15) is 31.1 Å². The number of carbonyl (C=O) groups excluding carboxylic acids is 1. The van der Waals surface area contributed by atoms with Crippen LogP contribution in [0.15, 0.2) is 30.3 Å². The summed E-state index contributed by atoms with van der Waals surface area (Å²) < 4.78 is 38.8. The lowest BCUT2D eigenvalue weighted by atomic mass is 10.2. The standard InChI is InChI=1S/C23H30ClO8P/c1-13(26-4)30-16-11-19(31-14(2)27-5)22(20(12-16)32-15(3)28-6)33-23(25)21-17(24)9-8-10-18(21)29-7/h8-15,33H,1-7H3. The molecule has 0 aliphatic carbocycles. The number of ether oxygens (including phenoxy) is 7. The van der Waals surface area contributed by atoms with Gasteiger partial charge in [0.05, 0.1) is 23.0 Å². The third kappa shape index (κ3) is 7.45. The van der Waals surface area contributed by atoms with Crippen molar-refractivity contribution >= 4 is 31.0 Å². The second-order valence-electron chi connectivity index (χ2n) is 6.83. The SMILES string of the molecule is COc1cccc(Cl)c1C(=O)Pc1c(OC(C)OC)cc(OC(C)OC)cc1OC(C)OC. The Labute approximate surface area is 201 Å². The number of benzene rings is 2. The van der Waals surface area contributed by atoms with Crippen molar-refractivity contribution in [3.05, 3.63) is 40.9 Å². The fourth-order valence-electron chi connectivity index (χ4n) is 2.71. The zero-order valence-electron chi connectivity index (χ0n) is 19.8. The summed E-state index contributed by atoms with van der Waals surface area (Å²) in [6, 6.07) is 8.36. The Morgan fingerprint density at radius 2 is 1.33 bits per heavy atom. The highest BCUT2D eigenvalue weighted by Gasteiger charge is 2.24. The van der Waals surface area contributed by atoms with E-state index in [-0.39, 0.29) is 11.1 Å². The van der Waals surface area contributed by atoms with Crippen molar-refractivity contribution < 1.29 is 38.0 Å². The maximum Gasteiger partial charge on any atom is 0.196 e. The van der Waals surface area contributed by atoms with Crippen LogP contribution in [0.3, 0.4) is 0 Å². The van der Waals surface area contributed by atoms with E-state index < -0.39 is 27.5 Å². The summed E-state index contributed by atoms with van der Waals surface area (Å²) in [4.78, 5) is 13.4. The van der Waals surface area contributed by atoms with Gasteiger partial charge in [-0.25, -0.2) is 0 Å². The molecular formula is C23H30ClO8P. The molecule has 0 amide bonds. The first-order chi connectivity index (χ1) is 15.7. The van der Waals surface area contributed by atoms with Crippen LogP contribution in [0, 0.1) is 0 Å². The minimum Gasteiger partial charge on any atom is -0.496 e. The molecule has 0 aromatic heterocycles. The zero-order chi connectivity index (χ0) is 24.5. The molecule has 4 unspecified atom stereocenters. The van der Waals surface area contributed by atoms with Crippen molar-refractivity contribution in [2.45, 2.75) is 39.6 Å². The van der Waals surface area contributed by atoms with Crippen LogP contribution in [-0.4, -0.2) is 52.8 Å². The Morgan fingerprint density at radius 3 is 1.82 bits per heavy atom. The number of carbonyl (C=O) groups is 1. The monoisotopic (exact) mass is 500 g/mol. The molecule has 8 nitrogen and oxygen atoms in total. The van der Waals surface area contributed by atoms with Crippen molar-refractivity contribution in [2.24, 2.45) is 0 Å². The van der Waals surface area contributed by atoms with Crippen molar-refractivity contribution in [3.63, 3.8) is 0 Å². The normalized spacial score (nSPS) is 14.1. The van der Waals surface area contributed by atoms with Crippen LogP contribution in [0.5, 0.6) is 23.0 Å². The summed E-state index contributed by atoms with van der Waals surface area (Å²) >= 11 is 6.33. The lowest BCUT2D eigenvalue weighted by Crippen LogP contribution is -2.23. The summed E-state index contributed by atoms with van der Waals surface area (Å²) in [5, 5.41) is 0.799. The molecule has 4 atom stereocenters. The molecule has 0 radical (unpaired) electrons. The van der Waals surface area contributed by atoms with Crippen LogP contribution < -0.4 is 24.3 Å². The van der Waals surface area contributed by atoms with E-state index in [1.165, 1.54) is 28.4 Å². The van der Waals surface area contributed by atoms with Gasteiger partial charge in [-0.15, -0.1) is 0 Å². The van der Waals surface area contributed by atoms with Gasteiger partial charge < -0.3 is 33.2 Å². The summed E-state index contributed by atoms with van der Waals surface area (Å²) in [5.74, 6) is 1.54. The van der Waals surface area contributed by atoms with Crippen LogP contribution >= 0.6 is 20.2 Å². The Kier molecular flexibility index (Phi) is 10.7. The highest BCUT2D eigenvalue weighted by atomic mass is 35.5. The van der Waals surface area contributed by atoms with E-state index in [0.29, 0.717) is 33.3 Å². The number of rotatable bonds is 13. The van der Waals surface area contributed by atoms with E-state index in [9.17, 15) is 4.79 Å². The first-order valence-electron chi connectivity index (χ1n) is 10.1. The van der Waals surface area contributed by atoms with Gasteiger partial charge in [0.2, 0.25) is 0 Å². The third-order valence-corrected chi connectivity index (χ3v) is 6.12. The summed E-state index contributed by atoms with van der Waals surface area (Å²) in [6.07, 6.45) is -1.71. The Balaban J connectivity index is 2.59. The average Bonchev–Trinajstić information content (AvgIpc) is 2.80. The molecule has 33 heavy (non-hydrogen) atoms. The predicted molar refractivity (Wildman–Crippen MR) is 128 cm³/mol. The third-order valence-electron chi connectivity index (χ3n) is 4.58. The van der Waals surface area contributed by atoms with E-state index in [4.69, 9.17) is 44.8 Å². The van der Waals surface area contributed by atoms with Crippen LogP contribution in [0.25, 0.3) is 0 Å². The van der Waals surface area contributed by atoms with Crippen molar-refractivity contribution in [1.82, 2.24) is 0 Å². The van der Waals surface area contributed by atoms with Crippen LogP contribution in [0.4, 0.5) is 0 Å². The lowest BCUT2D eigenvalue weighted by Gasteiger charge is -2.23. The topological polar surface area (TPSA) is 81.7 Å². The fraction of sp³-hybridized carbons (Fsp3) is 0.435. The van der Waals surface area contributed by atoms with Gasteiger partial charge in [-0.05, 0) is 41.5 Å². The molecule has 0 bridgehead atoms. The maximum atomic E-state index is 13.4. The average molecular weight is 501 g/mol. The molecule has 10 heteroatoms. The highest BCUT2D eigenvalue weighted by Crippen LogP contribution is 2.38. The van der Waals surface area contributed by atoms with Gasteiger partial charge in [0.1, 0.15) is 23.0 Å². The molecule has 0 saturated carbocycles. The largest absolute Gasteiger partial charge is 0.496 e. The van der Waals surface area contributed by atoms with E-state index in [2.05, 4.69) is 0 Å². The molecule has 0 N–H and O–H groups in total. The second-order valence-corrected chi connectivity index (χ2v) is 8.44. The molecule has 2 aromatic rings. The first-order valence-corrected chi connectivity index (χ1v) is 11.5. The van der Waals surface area contributed by atoms with Gasteiger partial charge in [0.25, 0.3) is 0 Å². The maximum absolute atomic E-state index is 13.4. The van der Waals surface area contributed by atoms with Gasteiger partial charge >= 0.3 is 0 Å². The number of hydrogen-bond acceptors (Lipinski definition) is 8. The molecule has 182 valence electrons. The molecule has 0 aliphatic rings. The molecule has 2 rings (SSSR count). The van der Waals surface area contributed by atoms with Crippen molar-refractivity contribution in [1.29, 1.82) is 0 Å². The highest BCUT2D eigenvalue weighted by molar-refractivity contribution is 7.66. The van der Waals surface area contributed by atoms with E-state index in [1.807, 2.05) is 0 Å². The predicted octanol–water partition coefficient (Wildman–Crippen LogP) is 4.61. The van der Waals surface area contributed by atoms with Gasteiger partial charge in [0.15, 0.2) is 24.4 Å². The number of methoxy groups -OCH3 is 4. The Hall–Kier alpha value is -2.09. The first kappa shape index (κ1) is 27.2. The fourth-order valence-corrected chi connectivity index (χ4v) is 4.16. The summed E-state index contributed by atoms with van der Waals surface area (Å²) in [5.41, 5.74) is 0.0334. The molecule has 2 aromatic carbocycles. The van der Waals surface area contributed by atoms with Crippen molar-refractivity contribution in [2.75, 3.05) is 28.4 Å². The van der Waals surface area contributed by atoms with Gasteiger partial charge in [0, 0.05) is 33.5 Å². The smallest absolute Gasteiger partial charge is 0.196 e. The minimum absolute atomic E-state index is 0.249. The molecular weight excluding hydrogens is 471 g/mol.